The first kappa shape index (κ1) is 20.4. The van der Waals surface area contributed by atoms with Gasteiger partial charge in [0.05, 0.1) is 6.33 Å². The van der Waals surface area contributed by atoms with Crippen LogP contribution in [0.2, 0.25) is 0 Å². The van der Waals surface area contributed by atoms with Crippen LogP contribution in [0.15, 0.2) is 43.0 Å². The maximum Gasteiger partial charge on any atom is 0.260 e. The van der Waals surface area contributed by atoms with Crippen LogP contribution >= 0.6 is 0 Å². The van der Waals surface area contributed by atoms with Crippen LogP contribution in [0.4, 0.5) is 0 Å². The molecule has 1 saturated heterocycles. The summed E-state index contributed by atoms with van der Waals surface area (Å²) in [5.41, 5.74) is 1.29. The van der Waals surface area contributed by atoms with Gasteiger partial charge in [0.15, 0.2) is 6.61 Å². The molecular weight excluding hydrogens is 350 g/mol. The van der Waals surface area contributed by atoms with Crippen molar-refractivity contribution < 1.29 is 9.53 Å². The summed E-state index contributed by atoms with van der Waals surface area (Å²) in [7, 11) is 0. The zero-order valence-electron chi connectivity index (χ0n) is 17.4. The smallest absolute Gasteiger partial charge is 0.260 e. The van der Waals surface area contributed by atoms with Gasteiger partial charge < -0.3 is 14.2 Å². The second-order valence-electron chi connectivity index (χ2n) is 8.83. The van der Waals surface area contributed by atoms with E-state index < -0.39 is 0 Å². The van der Waals surface area contributed by atoms with Gasteiger partial charge in [-0.2, -0.15) is 0 Å². The van der Waals surface area contributed by atoms with E-state index in [-0.39, 0.29) is 17.9 Å². The lowest BCUT2D eigenvalue weighted by atomic mass is 9.87. The summed E-state index contributed by atoms with van der Waals surface area (Å²) >= 11 is 0. The Morgan fingerprint density at radius 1 is 1.25 bits per heavy atom. The minimum Gasteiger partial charge on any atom is -0.484 e. The van der Waals surface area contributed by atoms with Crippen molar-refractivity contribution in [3.63, 3.8) is 0 Å². The van der Waals surface area contributed by atoms with Gasteiger partial charge in [-0.15, -0.1) is 0 Å². The fraction of sp³-hybridized carbons (Fsp3) is 0.565. The Labute approximate surface area is 168 Å². The van der Waals surface area contributed by atoms with Gasteiger partial charge in [0.25, 0.3) is 5.91 Å². The number of amides is 1. The van der Waals surface area contributed by atoms with Crippen LogP contribution in [-0.2, 0) is 16.8 Å². The average molecular weight is 384 g/mol. The van der Waals surface area contributed by atoms with Gasteiger partial charge in [0.1, 0.15) is 5.75 Å². The van der Waals surface area contributed by atoms with E-state index in [9.17, 15) is 4.79 Å². The summed E-state index contributed by atoms with van der Waals surface area (Å²) in [6.45, 7) is 9.38. The second kappa shape index (κ2) is 9.26. The number of benzene rings is 1. The normalized spacial score (nSPS) is 15.6. The number of aromatic nitrogens is 2. The van der Waals surface area contributed by atoms with Gasteiger partial charge in [0.2, 0.25) is 0 Å². The lowest BCUT2D eigenvalue weighted by Gasteiger charge is -2.32. The zero-order chi connectivity index (χ0) is 20.0. The number of likely N-dealkylation sites (tertiary alicyclic amines) is 1. The number of hydrogen-bond donors (Lipinski definition) is 0. The molecule has 0 saturated carbocycles. The number of imidazole rings is 1. The van der Waals surface area contributed by atoms with Gasteiger partial charge in [-0.25, -0.2) is 4.98 Å². The van der Waals surface area contributed by atoms with Gasteiger partial charge in [-0.05, 0) is 54.7 Å². The summed E-state index contributed by atoms with van der Waals surface area (Å²) in [5.74, 6) is 1.59. The molecule has 2 heterocycles. The van der Waals surface area contributed by atoms with Crippen molar-refractivity contribution in [2.75, 3.05) is 19.7 Å². The van der Waals surface area contributed by atoms with E-state index in [4.69, 9.17) is 4.74 Å². The van der Waals surface area contributed by atoms with Crippen LogP contribution < -0.4 is 4.74 Å². The molecule has 152 valence electrons. The van der Waals surface area contributed by atoms with E-state index in [0.717, 1.165) is 44.1 Å². The third-order valence-corrected chi connectivity index (χ3v) is 5.62. The van der Waals surface area contributed by atoms with E-state index in [1.807, 2.05) is 41.8 Å². The quantitative estimate of drug-likeness (QED) is 0.717. The van der Waals surface area contributed by atoms with Crippen molar-refractivity contribution in [1.82, 2.24) is 14.5 Å². The van der Waals surface area contributed by atoms with Crippen LogP contribution in [0.3, 0.4) is 0 Å². The van der Waals surface area contributed by atoms with Crippen LogP contribution in [0.5, 0.6) is 5.75 Å². The van der Waals surface area contributed by atoms with Crippen molar-refractivity contribution in [2.45, 2.75) is 58.4 Å². The van der Waals surface area contributed by atoms with Gasteiger partial charge in [0, 0.05) is 32.0 Å². The fourth-order valence-electron chi connectivity index (χ4n) is 3.74. The summed E-state index contributed by atoms with van der Waals surface area (Å²) in [4.78, 5) is 18.6. The maximum absolute atomic E-state index is 12.5. The summed E-state index contributed by atoms with van der Waals surface area (Å²) in [6.07, 6.45) is 10.3. The highest BCUT2D eigenvalue weighted by Gasteiger charge is 2.23. The Morgan fingerprint density at radius 3 is 2.71 bits per heavy atom. The molecule has 2 aromatic rings. The molecule has 1 amide bonds. The Bertz CT molecular complexity index is 741. The lowest BCUT2D eigenvalue weighted by molar-refractivity contribution is -0.134. The van der Waals surface area contributed by atoms with E-state index in [1.54, 1.807) is 0 Å². The molecule has 0 atom stereocenters. The Balaban J connectivity index is 1.38. The molecule has 0 aliphatic carbocycles. The maximum atomic E-state index is 12.5. The molecule has 1 aromatic carbocycles. The molecule has 5 nitrogen and oxygen atoms in total. The molecule has 0 radical (unpaired) electrons. The number of rotatable bonds is 7. The third kappa shape index (κ3) is 5.85. The van der Waals surface area contributed by atoms with Crippen molar-refractivity contribution in [3.8, 4) is 5.75 Å². The standard InChI is InChI=1S/C23H33N3O2/c1-23(2,3)20-7-4-8-21(16-20)28-17-22(27)26-13-9-19(10-14-26)6-5-12-25-15-11-24-18-25/h4,7-8,11,15-16,18-19H,5-6,9-10,12-14,17H2,1-3H3. The number of nitrogens with zero attached hydrogens (tertiary/aromatic N) is 3. The first-order chi connectivity index (χ1) is 13.4. The lowest BCUT2D eigenvalue weighted by Crippen LogP contribution is -2.41. The summed E-state index contributed by atoms with van der Waals surface area (Å²) in [5, 5.41) is 0. The van der Waals surface area contributed by atoms with E-state index >= 15 is 0 Å². The van der Waals surface area contributed by atoms with E-state index in [0.29, 0.717) is 0 Å². The third-order valence-electron chi connectivity index (χ3n) is 5.62. The van der Waals surface area contributed by atoms with Crippen molar-refractivity contribution >= 4 is 5.91 Å². The monoisotopic (exact) mass is 383 g/mol. The highest BCUT2D eigenvalue weighted by molar-refractivity contribution is 5.77. The number of ether oxygens (including phenoxy) is 1. The SMILES string of the molecule is CC(C)(C)c1cccc(OCC(=O)N2CCC(CCCn3ccnc3)CC2)c1. The number of hydrogen-bond acceptors (Lipinski definition) is 3. The molecule has 1 fully saturated rings. The average Bonchev–Trinajstić information content (AvgIpc) is 3.20. The summed E-state index contributed by atoms with van der Waals surface area (Å²) in [6, 6.07) is 8.07. The van der Waals surface area contributed by atoms with E-state index in [2.05, 4.69) is 36.4 Å². The zero-order valence-corrected chi connectivity index (χ0v) is 17.4. The summed E-state index contributed by atoms with van der Waals surface area (Å²) < 4.78 is 7.92. The van der Waals surface area contributed by atoms with Crippen molar-refractivity contribution in [3.05, 3.63) is 48.5 Å². The van der Waals surface area contributed by atoms with Crippen LogP contribution in [0.1, 0.15) is 52.0 Å². The molecule has 5 heteroatoms. The minimum absolute atomic E-state index is 0.0725. The Kier molecular flexibility index (Phi) is 6.76. The predicted molar refractivity (Wildman–Crippen MR) is 111 cm³/mol. The van der Waals surface area contributed by atoms with Crippen LogP contribution in [0.25, 0.3) is 0 Å². The number of carbonyl (C=O) groups excluding carboxylic acids is 1. The molecule has 0 unspecified atom stereocenters. The highest BCUT2D eigenvalue weighted by atomic mass is 16.5. The fourth-order valence-corrected chi connectivity index (χ4v) is 3.74. The topological polar surface area (TPSA) is 47.4 Å². The van der Waals surface area contributed by atoms with Crippen LogP contribution in [0, 0.1) is 5.92 Å². The highest BCUT2D eigenvalue weighted by Crippen LogP contribution is 2.26. The predicted octanol–water partition coefficient (Wildman–Crippen LogP) is 4.28. The molecule has 0 N–H and O–H groups in total. The Morgan fingerprint density at radius 2 is 2.04 bits per heavy atom. The van der Waals surface area contributed by atoms with Gasteiger partial charge in [-0.1, -0.05) is 32.9 Å². The molecule has 1 aromatic heterocycles. The molecule has 0 bridgehead atoms. The molecule has 1 aliphatic rings. The Hall–Kier alpha value is -2.30. The number of aryl methyl sites for hydroxylation is 1. The molecule has 3 rings (SSSR count). The first-order valence-corrected chi connectivity index (χ1v) is 10.4. The van der Waals surface area contributed by atoms with Gasteiger partial charge in [-0.3, -0.25) is 4.79 Å². The number of piperidine rings is 1. The second-order valence-corrected chi connectivity index (χ2v) is 8.83. The molecular formula is C23H33N3O2. The van der Waals surface area contributed by atoms with Crippen molar-refractivity contribution in [1.29, 1.82) is 0 Å². The molecule has 1 aliphatic heterocycles. The van der Waals surface area contributed by atoms with Crippen LogP contribution in [-0.4, -0.2) is 40.1 Å². The molecule has 0 spiro atoms. The number of carbonyl (C=O) groups is 1. The largest absolute Gasteiger partial charge is 0.484 e. The first-order valence-electron chi connectivity index (χ1n) is 10.4. The molecule has 28 heavy (non-hydrogen) atoms. The van der Waals surface area contributed by atoms with Crippen molar-refractivity contribution in [2.24, 2.45) is 5.92 Å². The van der Waals surface area contributed by atoms with E-state index in [1.165, 1.54) is 18.4 Å². The van der Waals surface area contributed by atoms with Gasteiger partial charge >= 0.3 is 0 Å². The minimum atomic E-state index is 0.0725.